The molecular weight excluding hydrogens is 197 g/mol. The van der Waals surface area contributed by atoms with Crippen molar-refractivity contribution in [3.05, 3.63) is 29.3 Å². The molecule has 0 heterocycles. The third kappa shape index (κ3) is 2.40. The third-order valence-electron chi connectivity index (χ3n) is 1.74. The van der Waals surface area contributed by atoms with Gasteiger partial charge in [-0.1, -0.05) is 0 Å². The molecule has 0 aliphatic heterocycles. The predicted molar refractivity (Wildman–Crippen MR) is 48.0 cm³/mol. The minimum absolute atomic E-state index is 0.277. The minimum atomic E-state index is -4.24. The first-order valence-corrected chi connectivity index (χ1v) is 4.89. The van der Waals surface area contributed by atoms with Gasteiger partial charge in [-0.3, -0.25) is 0 Å². The highest BCUT2D eigenvalue weighted by Gasteiger charge is 2.31. The second-order valence-electron chi connectivity index (χ2n) is 2.68. The molecule has 1 rings (SSSR count). The fraction of sp³-hybridized carbons (Fsp3) is 0.333. The van der Waals surface area contributed by atoms with E-state index in [2.05, 4.69) is 0 Å². The number of thioether (sulfide) groups is 1. The molecule has 13 heavy (non-hydrogen) atoms. The number of benzene rings is 1. The summed E-state index contributed by atoms with van der Waals surface area (Å²) < 4.78 is 36.8. The Bertz CT molecular complexity index is 304. The van der Waals surface area contributed by atoms with Gasteiger partial charge in [0.1, 0.15) is 0 Å². The Hall–Kier alpha value is -0.640. The maximum atomic E-state index is 12.3. The fourth-order valence-corrected chi connectivity index (χ4v) is 1.58. The third-order valence-corrected chi connectivity index (χ3v) is 2.46. The van der Waals surface area contributed by atoms with Gasteiger partial charge in [-0.25, -0.2) is 0 Å². The summed E-state index contributed by atoms with van der Waals surface area (Å²) in [6, 6.07) is 4.16. The molecule has 0 spiro atoms. The van der Waals surface area contributed by atoms with Crippen molar-refractivity contribution in [1.29, 1.82) is 0 Å². The highest BCUT2D eigenvalue weighted by molar-refractivity contribution is 7.98. The molecule has 0 aromatic heterocycles. The Morgan fingerprint density at radius 2 is 1.85 bits per heavy atom. The van der Waals surface area contributed by atoms with Crippen LogP contribution in [-0.4, -0.2) is 6.26 Å². The molecule has 0 unspecified atom stereocenters. The van der Waals surface area contributed by atoms with E-state index in [0.29, 0.717) is 0 Å². The molecule has 0 aliphatic carbocycles. The lowest BCUT2D eigenvalue weighted by Crippen LogP contribution is -2.06. The number of alkyl halides is 3. The van der Waals surface area contributed by atoms with Crippen molar-refractivity contribution in [3.63, 3.8) is 0 Å². The average molecular weight is 206 g/mol. The lowest BCUT2D eigenvalue weighted by molar-refractivity contribution is -0.138. The molecule has 0 N–H and O–H groups in total. The van der Waals surface area contributed by atoms with Gasteiger partial charge in [0.05, 0.1) is 5.56 Å². The molecule has 4 heteroatoms. The van der Waals surface area contributed by atoms with Crippen LogP contribution >= 0.6 is 11.8 Å². The molecule has 0 aliphatic rings. The highest BCUT2D eigenvalue weighted by Crippen LogP contribution is 2.33. The molecule has 0 atom stereocenters. The molecule has 0 fully saturated rings. The van der Waals surface area contributed by atoms with Crippen LogP contribution in [0.25, 0.3) is 0 Å². The summed E-state index contributed by atoms with van der Waals surface area (Å²) in [7, 11) is 0. The van der Waals surface area contributed by atoms with Crippen LogP contribution in [0.1, 0.15) is 11.1 Å². The van der Waals surface area contributed by atoms with Gasteiger partial charge in [-0.15, -0.1) is 11.8 Å². The topological polar surface area (TPSA) is 0 Å². The second-order valence-corrected chi connectivity index (χ2v) is 3.56. The van der Waals surface area contributed by atoms with Crippen molar-refractivity contribution < 1.29 is 13.2 Å². The Morgan fingerprint density at radius 1 is 1.23 bits per heavy atom. The lowest BCUT2D eigenvalue weighted by atomic mass is 10.1. The molecule has 1 aromatic rings. The van der Waals surface area contributed by atoms with Crippen molar-refractivity contribution >= 4 is 11.8 Å². The van der Waals surface area contributed by atoms with E-state index in [9.17, 15) is 13.2 Å². The van der Waals surface area contributed by atoms with Crippen LogP contribution in [0.3, 0.4) is 0 Å². The van der Waals surface area contributed by atoms with Crippen molar-refractivity contribution in [2.24, 2.45) is 0 Å². The Morgan fingerprint density at radius 3 is 2.23 bits per heavy atom. The summed E-state index contributed by atoms with van der Waals surface area (Å²) in [4.78, 5) is 0.852. The lowest BCUT2D eigenvalue weighted by Gasteiger charge is -2.10. The van der Waals surface area contributed by atoms with E-state index in [-0.39, 0.29) is 5.56 Å². The first-order valence-electron chi connectivity index (χ1n) is 3.67. The molecule has 0 amide bonds. The monoisotopic (exact) mass is 206 g/mol. The van der Waals surface area contributed by atoms with E-state index in [1.165, 1.54) is 24.8 Å². The average Bonchev–Trinajstić information content (AvgIpc) is 2.01. The number of hydrogen-bond acceptors (Lipinski definition) is 1. The first kappa shape index (κ1) is 10.4. The van der Waals surface area contributed by atoms with Crippen LogP contribution < -0.4 is 0 Å². The maximum Gasteiger partial charge on any atom is 0.416 e. The largest absolute Gasteiger partial charge is 0.416 e. The van der Waals surface area contributed by atoms with Crippen LogP contribution in [0.5, 0.6) is 0 Å². The summed E-state index contributed by atoms with van der Waals surface area (Å²) in [5.74, 6) is 0. The zero-order chi connectivity index (χ0) is 10.1. The Balaban J connectivity index is 3.13. The van der Waals surface area contributed by atoms with Gasteiger partial charge in [0, 0.05) is 4.90 Å². The molecule has 0 nitrogen and oxygen atoms in total. The normalized spacial score (nSPS) is 11.8. The van der Waals surface area contributed by atoms with E-state index in [1.54, 1.807) is 6.07 Å². The van der Waals surface area contributed by atoms with E-state index in [4.69, 9.17) is 0 Å². The molecule has 0 saturated carbocycles. The second kappa shape index (κ2) is 3.62. The molecule has 0 saturated heterocycles. The van der Waals surface area contributed by atoms with Crippen LogP contribution in [0.2, 0.25) is 0 Å². The molecule has 0 bridgehead atoms. The standard InChI is InChI=1S/C9H9F3S/c1-6-5-7(13-2)3-4-8(6)9(10,11)12/h3-5H,1-2H3. The van der Waals surface area contributed by atoms with Gasteiger partial charge in [0.15, 0.2) is 0 Å². The van der Waals surface area contributed by atoms with Gasteiger partial charge in [0.25, 0.3) is 0 Å². The van der Waals surface area contributed by atoms with Crippen molar-refractivity contribution in [1.82, 2.24) is 0 Å². The van der Waals surface area contributed by atoms with Gasteiger partial charge in [0.2, 0.25) is 0 Å². The van der Waals surface area contributed by atoms with Crippen LogP contribution in [0.4, 0.5) is 13.2 Å². The van der Waals surface area contributed by atoms with Gasteiger partial charge in [-0.2, -0.15) is 13.2 Å². The predicted octanol–water partition coefficient (Wildman–Crippen LogP) is 3.74. The van der Waals surface area contributed by atoms with E-state index >= 15 is 0 Å². The maximum absolute atomic E-state index is 12.3. The zero-order valence-corrected chi connectivity index (χ0v) is 8.09. The van der Waals surface area contributed by atoms with Gasteiger partial charge in [-0.05, 0) is 36.9 Å². The highest BCUT2D eigenvalue weighted by atomic mass is 32.2. The first-order chi connectivity index (χ1) is 5.95. The van der Waals surface area contributed by atoms with Crippen molar-refractivity contribution in [2.75, 3.05) is 6.26 Å². The minimum Gasteiger partial charge on any atom is -0.166 e. The van der Waals surface area contributed by atoms with Crippen LogP contribution in [-0.2, 0) is 6.18 Å². The van der Waals surface area contributed by atoms with E-state index < -0.39 is 11.7 Å². The van der Waals surface area contributed by atoms with Gasteiger partial charge < -0.3 is 0 Å². The molecule has 0 radical (unpaired) electrons. The summed E-state index contributed by atoms with van der Waals surface area (Å²) in [6.07, 6.45) is -2.40. The zero-order valence-electron chi connectivity index (χ0n) is 7.27. The van der Waals surface area contributed by atoms with E-state index in [1.807, 2.05) is 6.26 Å². The van der Waals surface area contributed by atoms with Crippen LogP contribution in [0.15, 0.2) is 23.1 Å². The fourth-order valence-electron chi connectivity index (χ4n) is 1.08. The Labute approximate surface area is 79.1 Å². The molecule has 1 aromatic carbocycles. The number of rotatable bonds is 1. The smallest absolute Gasteiger partial charge is 0.166 e. The van der Waals surface area contributed by atoms with E-state index in [0.717, 1.165) is 11.0 Å². The molecule has 72 valence electrons. The SMILES string of the molecule is CSc1ccc(C(F)(F)F)c(C)c1. The summed E-state index contributed by atoms with van der Waals surface area (Å²) in [5.41, 5.74) is -0.273. The number of hydrogen-bond donors (Lipinski definition) is 0. The number of aryl methyl sites for hydroxylation is 1. The van der Waals surface area contributed by atoms with Gasteiger partial charge >= 0.3 is 6.18 Å². The van der Waals surface area contributed by atoms with Crippen molar-refractivity contribution in [2.45, 2.75) is 18.0 Å². The molecular formula is C9H9F3S. The summed E-state index contributed by atoms with van der Waals surface area (Å²) in [6.45, 7) is 1.47. The van der Waals surface area contributed by atoms with Crippen molar-refractivity contribution in [3.8, 4) is 0 Å². The quantitative estimate of drug-likeness (QED) is 0.631. The number of halogens is 3. The summed E-state index contributed by atoms with van der Waals surface area (Å²) >= 11 is 1.43. The van der Waals surface area contributed by atoms with Crippen LogP contribution in [0, 0.1) is 6.92 Å². The Kier molecular flexibility index (Phi) is 2.91. The summed E-state index contributed by atoms with van der Waals surface area (Å²) in [5, 5.41) is 0.